The van der Waals surface area contributed by atoms with Crippen molar-refractivity contribution in [3.63, 3.8) is 0 Å². The number of rotatable bonds is 50. The number of aldehydes is 1. The summed E-state index contributed by atoms with van der Waals surface area (Å²) in [5, 5.41) is 70.0. The number of aliphatic hydroxyl groups is 6. The van der Waals surface area contributed by atoms with Crippen LogP contribution in [0.1, 0.15) is 114 Å². The van der Waals surface area contributed by atoms with Gasteiger partial charge in [0.25, 0.3) is 0 Å². The van der Waals surface area contributed by atoms with E-state index >= 15 is 0 Å². The first kappa shape index (κ1) is 102. The molecule has 4 aromatic heterocycles. The highest BCUT2D eigenvalue weighted by Crippen LogP contribution is 2.22. The summed E-state index contributed by atoms with van der Waals surface area (Å²) in [7, 11) is 6.85. The molecule has 0 unspecified atom stereocenters. The number of hydrogen-bond donors (Lipinski definition) is 11. The summed E-state index contributed by atoms with van der Waals surface area (Å²) in [6.45, 7) is 15.6. The third-order valence-corrected chi connectivity index (χ3v) is 22.5. The lowest BCUT2D eigenvalue weighted by molar-refractivity contribution is -0.697. The molecule has 115 heavy (non-hydrogen) atoms. The van der Waals surface area contributed by atoms with Crippen LogP contribution in [0, 0.1) is 13.8 Å². The number of nitrogens with one attached hydrogen (secondary N) is 5. The van der Waals surface area contributed by atoms with Crippen molar-refractivity contribution in [3.05, 3.63) is 210 Å². The van der Waals surface area contributed by atoms with E-state index < -0.39 is 0 Å². The van der Waals surface area contributed by atoms with Crippen molar-refractivity contribution in [3.8, 4) is 0 Å². The SMILES string of the molecule is C1CCNCC1.Cc1cc[n+](CCCC(=O)NCCSSCCNC(=O)CCC[n+]2ccc(C)cc2)cc1.O=C(CCC[n+]1ccc(/C=C/c2ccc(N(CCO)CCO)cc2)cc1)NCCSSCCNC(=O)CCC[n+]1ccc(/C=C/c2ccc(N(CCO)CCO)cc2)cc1.O=Cc1ccc(N(CCO)CCO)cc1.[Cl-].[Cl-]. The Morgan fingerprint density at radius 2 is 0.591 bits per heavy atom. The van der Waals surface area contributed by atoms with Gasteiger partial charge in [-0.2, -0.15) is 0 Å². The molecule has 630 valence electrons. The number of carbonyl (C=O) groups excluding carboxylic acids is 5. The predicted octanol–water partition coefficient (Wildman–Crippen LogP) is 1.87. The number of aryl methyl sites for hydroxylation is 6. The zero-order valence-corrected chi connectivity index (χ0v) is 71.7. The van der Waals surface area contributed by atoms with Gasteiger partial charge in [-0.3, -0.25) is 24.0 Å². The maximum atomic E-state index is 12.3. The monoisotopic (exact) mass is 1700 g/mol. The van der Waals surface area contributed by atoms with Gasteiger partial charge in [-0.15, -0.1) is 0 Å². The summed E-state index contributed by atoms with van der Waals surface area (Å²) in [5.74, 6) is 3.68. The topological polar surface area (TPSA) is 292 Å². The first-order valence-electron chi connectivity index (χ1n) is 39.4. The van der Waals surface area contributed by atoms with Crippen molar-refractivity contribution in [2.75, 3.05) is 156 Å². The average Bonchev–Trinajstić information content (AvgIpc) is 0.870. The Morgan fingerprint density at radius 1 is 0.357 bits per heavy atom. The molecular formula is C86H124Cl2N12O11S4+2. The molecule has 7 aromatic rings. The third-order valence-electron chi connectivity index (χ3n) is 17.7. The van der Waals surface area contributed by atoms with Crippen LogP contribution in [0.3, 0.4) is 0 Å². The second-order valence-electron chi connectivity index (χ2n) is 26.7. The number of anilines is 3. The zero-order valence-electron chi connectivity index (χ0n) is 67.0. The number of aromatic nitrogens is 4. The summed E-state index contributed by atoms with van der Waals surface area (Å²) in [6, 6.07) is 39.6. The molecule has 0 atom stereocenters. The second kappa shape index (κ2) is 65.4. The Bertz CT molecular complexity index is 3520. The molecule has 4 amide bonds. The van der Waals surface area contributed by atoms with Crippen molar-refractivity contribution >= 4 is 114 Å². The molecule has 1 aliphatic heterocycles. The van der Waals surface area contributed by atoms with Crippen LogP contribution in [-0.2, 0) is 45.4 Å². The lowest BCUT2D eigenvalue weighted by Gasteiger charge is -2.22. The molecule has 1 aliphatic rings. The number of amides is 4. The molecule has 0 aliphatic carbocycles. The quantitative estimate of drug-likeness (QED) is 0.0112. The van der Waals surface area contributed by atoms with E-state index in [-0.39, 0.29) is 88.1 Å². The minimum atomic E-state index is 0. The van der Waals surface area contributed by atoms with Gasteiger partial charge in [-0.05, 0) is 122 Å². The first-order valence-corrected chi connectivity index (χ1v) is 44.4. The van der Waals surface area contributed by atoms with E-state index in [0.717, 1.165) is 120 Å². The number of pyridine rings is 4. The molecule has 23 nitrogen and oxygen atoms in total. The van der Waals surface area contributed by atoms with Crippen LogP contribution in [0.15, 0.2) is 171 Å². The molecule has 1 fully saturated rings. The number of carbonyl (C=O) groups is 5. The van der Waals surface area contributed by atoms with E-state index in [9.17, 15) is 44.4 Å². The number of halogens is 2. The third kappa shape index (κ3) is 47.4. The molecule has 0 bridgehead atoms. The summed E-state index contributed by atoms with van der Waals surface area (Å²) in [5.41, 5.74) is 10.2. The molecule has 29 heteroatoms. The summed E-state index contributed by atoms with van der Waals surface area (Å²) < 4.78 is 8.38. The van der Waals surface area contributed by atoms with Gasteiger partial charge in [-0.25, -0.2) is 18.3 Å². The number of aliphatic hydroxyl groups excluding tert-OH is 6. The number of benzene rings is 3. The summed E-state index contributed by atoms with van der Waals surface area (Å²) in [4.78, 5) is 64.7. The molecule has 0 spiro atoms. The van der Waals surface area contributed by atoms with Gasteiger partial charge in [0.15, 0.2) is 49.6 Å². The fourth-order valence-corrected chi connectivity index (χ4v) is 15.0. The molecule has 11 N–H and O–H groups in total. The van der Waals surface area contributed by atoms with E-state index in [0.29, 0.717) is 96.7 Å². The van der Waals surface area contributed by atoms with Crippen LogP contribution in [-0.4, -0.2) is 202 Å². The van der Waals surface area contributed by atoms with Gasteiger partial charge in [0.1, 0.15) is 32.5 Å². The van der Waals surface area contributed by atoms with E-state index in [2.05, 4.69) is 132 Å². The highest BCUT2D eigenvalue weighted by atomic mass is 35.5. The van der Waals surface area contributed by atoms with Crippen LogP contribution < -0.4 is 84.4 Å². The Balaban J connectivity index is 0.000000511. The molecule has 8 rings (SSSR count). The van der Waals surface area contributed by atoms with Gasteiger partial charge in [0.2, 0.25) is 23.6 Å². The highest BCUT2D eigenvalue weighted by molar-refractivity contribution is 8.77. The Labute approximate surface area is 710 Å². The van der Waals surface area contributed by atoms with Gasteiger partial charge in [0, 0.05) is 211 Å². The van der Waals surface area contributed by atoms with E-state index in [4.69, 9.17) is 10.2 Å². The van der Waals surface area contributed by atoms with Crippen LogP contribution in [0.4, 0.5) is 17.1 Å². The molecule has 1 saturated heterocycles. The molecule has 0 saturated carbocycles. The van der Waals surface area contributed by atoms with Crippen LogP contribution >= 0.6 is 43.2 Å². The minimum Gasteiger partial charge on any atom is -1.00 e. The molecular weight excluding hydrogens is 1580 g/mol. The van der Waals surface area contributed by atoms with Crippen molar-refractivity contribution in [1.29, 1.82) is 0 Å². The van der Waals surface area contributed by atoms with E-state index in [1.165, 1.54) is 43.5 Å². The predicted molar refractivity (Wildman–Crippen MR) is 463 cm³/mol. The second-order valence-corrected chi connectivity index (χ2v) is 32.1. The Morgan fingerprint density at radius 3 is 0.809 bits per heavy atom. The normalized spacial score (nSPS) is 11.4. The highest BCUT2D eigenvalue weighted by Gasteiger charge is 2.13. The molecule has 0 radical (unpaired) electrons. The van der Waals surface area contributed by atoms with Crippen LogP contribution in [0.5, 0.6) is 0 Å². The lowest BCUT2D eigenvalue weighted by Crippen LogP contribution is -3.00. The Kier molecular flexibility index (Phi) is 57.8. The van der Waals surface area contributed by atoms with Crippen molar-refractivity contribution in [2.24, 2.45) is 0 Å². The van der Waals surface area contributed by atoms with E-state index in [1.54, 1.807) is 67.4 Å². The van der Waals surface area contributed by atoms with Crippen LogP contribution in [0.25, 0.3) is 24.3 Å². The fourth-order valence-electron chi connectivity index (χ4n) is 11.4. The largest absolute Gasteiger partial charge is 1.00 e. The minimum absolute atomic E-state index is 0. The van der Waals surface area contributed by atoms with Gasteiger partial charge < -0.3 is 96.7 Å². The van der Waals surface area contributed by atoms with Gasteiger partial charge >= 0.3 is 0 Å². The zero-order chi connectivity index (χ0) is 81.0. The molecule has 3 aromatic carbocycles. The van der Waals surface area contributed by atoms with Gasteiger partial charge in [0.05, 0.1) is 39.6 Å². The number of nitrogens with zero attached hydrogens (tertiary/aromatic N) is 7. The van der Waals surface area contributed by atoms with Crippen molar-refractivity contribution in [1.82, 2.24) is 26.6 Å². The molecule has 5 heterocycles. The van der Waals surface area contributed by atoms with Crippen LogP contribution in [0.2, 0.25) is 0 Å². The maximum Gasteiger partial charge on any atom is 0.220 e. The standard InChI is InChI=1S/C46H60N6O6S2.C24H34N4O2S2.C11H15NO3.C5H11N.2ClH/c53-33-29-51(30-34-54)43-13-9-39(10-14-43)5-7-41-17-25-49(26-18-41)23-1-3-45(57)47-21-37-59-60-38-22-48-46(58)4-2-24-50-27-19-42(20-28-50)8-6-40-11-15-44(16-12-40)52(31-35-55)32-36-56;1-21-7-15-27(16-8-21)13-3-5-23(29)25-11-19-31-32-20-12-26-24(30)6-4-14-28-17-9-22(2)10-18-28;13-7-5-12(6-8-14)11-3-1-10(9-15)2-4-11;1-2-4-6-5-3-1;;/h5-20,25-28,53-56H,1-4,21-24,29-38H2;7-10,15-18H,3-6,11-14,19-20H2,1-2H3;1-4,9,13-14H,5-8H2;6H,1-5H2;2*1H/p+2. The summed E-state index contributed by atoms with van der Waals surface area (Å²) in [6.07, 6.45) is 34.7. The average molecular weight is 1700 g/mol. The number of hydrogen-bond acceptors (Lipinski definition) is 19. The van der Waals surface area contributed by atoms with E-state index in [1.807, 2.05) is 113 Å². The van der Waals surface area contributed by atoms with Crippen molar-refractivity contribution in [2.45, 2.75) is 111 Å². The Hall–Kier alpha value is -7.61. The van der Waals surface area contributed by atoms with Gasteiger partial charge in [-0.1, -0.05) is 98.2 Å². The smallest absolute Gasteiger partial charge is 0.220 e. The lowest BCUT2D eigenvalue weighted by atomic mass is 10.1. The van der Waals surface area contributed by atoms with Crippen molar-refractivity contribution < 1.29 is 97.7 Å². The fraction of sp³-hybridized carbons (Fsp3) is 0.453. The maximum absolute atomic E-state index is 12.3. The summed E-state index contributed by atoms with van der Waals surface area (Å²) >= 11 is 0. The number of piperidine rings is 1. The first-order chi connectivity index (χ1) is 55.2.